The molecule has 0 fully saturated rings. The van der Waals surface area contributed by atoms with E-state index in [4.69, 9.17) is 34.7 Å². The number of urea groups is 2. The highest BCUT2D eigenvalue weighted by molar-refractivity contribution is 5.71. The highest BCUT2D eigenvalue weighted by Gasteiger charge is 2.10. The standard InChI is InChI=1S/C28H32N6O7/c29-27(35)31-11-1-13-38-21-7-3-19(4-8-21)25-15-23(40-33-25)17-37-18-24-16-26(34-41-24)20-5-9-22(10-6-20)39-14-2-12-32-28(30)36/h3-10,15-16H,1-2,11-14,17-18H2,(H3,29,31,35)(H3,30,32,36). The zero-order valence-corrected chi connectivity index (χ0v) is 22.3. The van der Waals surface area contributed by atoms with Crippen molar-refractivity contribution in [2.45, 2.75) is 26.1 Å². The van der Waals surface area contributed by atoms with Gasteiger partial charge in [0.2, 0.25) is 0 Å². The monoisotopic (exact) mass is 564 g/mol. The van der Waals surface area contributed by atoms with Crippen LogP contribution in [0.5, 0.6) is 11.5 Å². The van der Waals surface area contributed by atoms with Gasteiger partial charge >= 0.3 is 12.1 Å². The number of primary amides is 2. The van der Waals surface area contributed by atoms with Crippen LogP contribution in [0.4, 0.5) is 9.59 Å². The summed E-state index contributed by atoms with van der Waals surface area (Å²) in [5.74, 6) is 2.56. The van der Waals surface area contributed by atoms with Crippen molar-refractivity contribution in [2.24, 2.45) is 11.5 Å². The maximum Gasteiger partial charge on any atom is 0.312 e. The normalized spacial score (nSPS) is 10.7. The van der Waals surface area contributed by atoms with E-state index < -0.39 is 12.1 Å². The number of aromatic nitrogens is 2. The number of hydrogen-bond acceptors (Lipinski definition) is 9. The maximum atomic E-state index is 10.7. The molecule has 6 N–H and O–H groups in total. The summed E-state index contributed by atoms with van der Waals surface area (Å²) in [6, 6.07) is 17.5. The van der Waals surface area contributed by atoms with E-state index in [1.807, 2.05) is 60.7 Å². The van der Waals surface area contributed by atoms with Crippen LogP contribution in [0.15, 0.2) is 69.7 Å². The number of rotatable bonds is 16. The van der Waals surface area contributed by atoms with Gasteiger partial charge in [0.05, 0.1) is 13.2 Å². The van der Waals surface area contributed by atoms with Crippen LogP contribution in [-0.2, 0) is 18.0 Å². The molecule has 41 heavy (non-hydrogen) atoms. The van der Waals surface area contributed by atoms with E-state index in [9.17, 15) is 9.59 Å². The number of carbonyl (C=O) groups excluding carboxylic acids is 2. The van der Waals surface area contributed by atoms with Gasteiger partial charge in [-0.25, -0.2) is 9.59 Å². The molecule has 0 aliphatic carbocycles. The zero-order valence-electron chi connectivity index (χ0n) is 22.3. The molecule has 0 aliphatic rings. The summed E-state index contributed by atoms with van der Waals surface area (Å²) in [7, 11) is 0. The van der Waals surface area contributed by atoms with Gasteiger partial charge in [0.1, 0.15) is 36.1 Å². The fourth-order valence-corrected chi connectivity index (χ4v) is 3.68. The van der Waals surface area contributed by atoms with E-state index in [0.717, 1.165) is 11.1 Å². The second-order valence-electron chi connectivity index (χ2n) is 8.88. The lowest BCUT2D eigenvalue weighted by Gasteiger charge is -2.06. The first-order valence-corrected chi connectivity index (χ1v) is 13.0. The second kappa shape index (κ2) is 14.9. The Hall–Kier alpha value is -5.04. The smallest absolute Gasteiger partial charge is 0.312 e. The summed E-state index contributed by atoms with van der Waals surface area (Å²) in [5, 5.41) is 13.3. The average molecular weight is 565 g/mol. The molecule has 13 heteroatoms. The van der Waals surface area contributed by atoms with Gasteiger partial charge in [-0.15, -0.1) is 0 Å². The predicted octanol–water partition coefficient (Wildman–Crippen LogP) is 3.59. The van der Waals surface area contributed by atoms with Crippen molar-refractivity contribution in [3.8, 4) is 34.0 Å². The number of ether oxygens (including phenoxy) is 3. The Labute approximate surface area is 236 Å². The Morgan fingerprint density at radius 3 is 1.49 bits per heavy atom. The van der Waals surface area contributed by atoms with E-state index in [2.05, 4.69) is 20.9 Å². The minimum atomic E-state index is -0.547. The number of carbonyl (C=O) groups is 2. The topological polar surface area (TPSA) is 190 Å². The molecule has 4 amide bonds. The summed E-state index contributed by atoms with van der Waals surface area (Å²) in [6.07, 6.45) is 1.30. The Morgan fingerprint density at radius 1 is 0.683 bits per heavy atom. The van der Waals surface area contributed by atoms with Crippen LogP contribution in [0, 0.1) is 0 Å². The van der Waals surface area contributed by atoms with Crippen molar-refractivity contribution in [3.63, 3.8) is 0 Å². The average Bonchev–Trinajstić information content (AvgIpc) is 3.63. The van der Waals surface area contributed by atoms with Gasteiger partial charge in [0, 0.05) is 36.3 Å². The number of amides is 4. The second-order valence-corrected chi connectivity index (χ2v) is 8.88. The van der Waals surface area contributed by atoms with Gasteiger partial charge in [0.25, 0.3) is 0 Å². The van der Waals surface area contributed by atoms with E-state index in [1.165, 1.54) is 0 Å². The van der Waals surface area contributed by atoms with Crippen LogP contribution >= 0.6 is 0 Å². The molecule has 0 unspecified atom stereocenters. The summed E-state index contributed by atoms with van der Waals surface area (Å²) in [4.78, 5) is 21.3. The van der Waals surface area contributed by atoms with E-state index >= 15 is 0 Å². The van der Waals surface area contributed by atoms with Gasteiger partial charge in [-0.3, -0.25) is 0 Å². The molecule has 216 valence electrons. The molecule has 2 heterocycles. The quantitative estimate of drug-likeness (QED) is 0.147. The minimum absolute atomic E-state index is 0.213. The molecule has 13 nitrogen and oxygen atoms in total. The first kappa shape index (κ1) is 29.0. The van der Waals surface area contributed by atoms with Gasteiger partial charge < -0.3 is 45.4 Å². The Bertz CT molecular complexity index is 1280. The van der Waals surface area contributed by atoms with Crippen LogP contribution in [0.1, 0.15) is 24.4 Å². The lowest BCUT2D eigenvalue weighted by molar-refractivity contribution is 0.0727. The zero-order chi connectivity index (χ0) is 28.9. The van der Waals surface area contributed by atoms with Crippen LogP contribution in [0.2, 0.25) is 0 Å². The molecule has 0 aliphatic heterocycles. The fraction of sp³-hybridized carbons (Fsp3) is 0.286. The molecule has 2 aromatic carbocycles. The van der Waals surface area contributed by atoms with Crippen molar-refractivity contribution >= 4 is 12.1 Å². The molecule has 0 saturated heterocycles. The van der Waals surface area contributed by atoms with Crippen molar-refractivity contribution in [3.05, 3.63) is 72.2 Å². The van der Waals surface area contributed by atoms with Crippen LogP contribution < -0.4 is 31.6 Å². The number of benzene rings is 2. The lowest BCUT2D eigenvalue weighted by atomic mass is 10.1. The molecule has 4 aromatic rings. The highest BCUT2D eigenvalue weighted by Crippen LogP contribution is 2.24. The summed E-state index contributed by atoms with van der Waals surface area (Å²) < 4.78 is 27.8. The largest absolute Gasteiger partial charge is 0.494 e. The minimum Gasteiger partial charge on any atom is -0.494 e. The molecular weight excluding hydrogens is 532 g/mol. The van der Waals surface area contributed by atoms with Crippen molar-refractivity contribution in [1.82, 2.24) is 20.9 Å². The molecule has 2 aromatic heterocycles. The molecule has 0 saturated carbocycles. The summed E-state index contributed by atoms with van der Waals surface area (Å²) in [6.45, 7) is 2.26. The molecule has 4 rings (SSSR count). The third-order valence-corrected chi connectivity index (χ3v) is 5.68. The van der Waals surface area contributed by atoms with Crippen LogP contribution in [0.3, 0.4) is 0 Å². The maximum absolute atomic E-state index is 10.7. The highest BCUT2D eigenvalue weighted by atomic mass is 16.5. The van der Waals surface area contributed by atoms with Gasteiger partial charge in [0.15, 0.2) is 11.5 Å². The van der Waals surface area contributed by atoms with Crippen LogP contribution in [0.25, 0.3) is 22.5 Å². The molecule has 0 atom stereocenters. The number of hydrogen-bond donors (Lipinski definition) is 4. The first-order valence-electron chi connectivity index (χ1n) is 13.0. The number of nitrogens with two attached hydrogens (primary N) is 2. The molecular formula is C28H32N6O7. The van der Waals surface area contributed by atoms with Gasteiger partial charge in [-0.1, -0.05) is 10.3 Å². The van der Waals surface area contributed by atoms with Crippen LogP contribution in [-0.4, -0.2) is 48.7 Å². The Balaban J connectivity index is 1.18. The van der Waals surface area contributed by atoms with E-state index in [0.29, 0.717) is 73.6 Å². The first-order chi connectivity index (χ1) is 20.0. The van der Waals surface area contributed by atoms with E-state index in [-0.39, 0.29) is 13.2 Å². The number of nitrogens with one attached hydrogen (secondary N) is 2. The Kier molecular flexibility index (Phi) is 10.5. The SMILES string of the molecule is NC(=O)NCCCOc1ccc(-c2cc(COCc3cc(-c4ccc(OCCCNC(N)=O)cc4)no3)on2)cc1. The molecule has 0 radical (unpaired) electrons. The van der Waals surface area contributed by atoms with Gasteiger partial charge in [-0.05, 0) is 61.4 Å². The molecule has 0 bridgehead atoms. The van der Waals surface area contributed by atoms with Crippen molar-refractivity contribution < 1.29 is 32.8 Å². The van der Waals surface area contributed by atoms with Gasteiger partial charge in [-0.2, -0.15) is 0 Å². The fourth-order valence-electron chi connectivity index (χ4n) is 3.68. The van der Waals surface area contributed by atoms with Crippen molar-refractivity contribution in [1.29, 1.82) is 0 Å². The molecule has 0 spiro atoms. The third-order valence-electron chi connectivity index (χ3n) is 5.68. The lowest BCUT2D eigenvalue weighted by Crippen LogP contribution is -2.30. The summed E-state index contributed by atoms with van der Waals surface area (Å²) >= 11 is 0. The number of nitrogens with zero attached hydrogens (tertiary/aromatic N) is 2. The summed E-state index contributed by atoms with van der Waals surface area (Å²) in [5.41, 5.74) is 13.2. The van der Waals surface area contributed by atoms with Crippen molar-refractivity contribution in [2.75, 3.05) is 26.3 Å². The Morgan fingerprint density at radius 2 is 1.10 bits per heavy atom. The van der Waals surface area contributed by atoms with E-state index in [1.54, 1.807) is 0 Å². The predicted molar refractivity (Wildman–Crippen MR) is 148 cm³/mol. The third kappa shape index (κ3) is 9.58.